The van der Waals surface area contributed by atoms with Crippen molar-refractivity contribution in [1.82, 2.24) is 15.5 Å². The van der Waals surface area contributed by atoms with Gasteiger partial charge in [0.15, 0.2) is 12.4 Å². The van der Waals surface area contributed by atoms with E-state index in [0.29, 0.717) is 5.75 Å². The van der Waals surface area contributed by atoms with Crippen LogP contribution in [-0.4, -0.2) is 29.8 Å². The van der Waals surface area contributed by atoms with Crippen molar-refractivity contribution in [2.24, 2.45) is 0 Å². The summed E-state index contributed by atoms with van der Waals surface area (Å²) >= 11 is 0. The Balaban J connectivity index is 2.29. The van der Waals surface area contributed by atoms with Crippen molar-refractivity contribution >= 4 is 5.91 Å². The van der Waals surface area contributed by atoms with Gasteiger partial charge in [-0.25, -0.2) is 0 Å². The molecule has 1 aromatic heterocycles. The summed E-state index contributed by atoms with van der Waals surface area (Å²) in [7, 11) is 1.56. The third-order valence-corrected chi connectivity index (χ3v) is 1.12. The molecule has 60 valence electrons. The average Bonchev–Trinajstić information content (AvgIpc) is 2.52. The molecular formula is C6H9N3O2. The number of amides is 1. The average molecular weight is 155 g/mol. The molecule has 0 aliphatic rings. The molecule has 0 saturated carbocycles. The topological polar surface area (TPSA) is 67.0 Å². The molecule has 5 nitrogen and oxygen atoms in total. The molecule has 0 saturated heterocycles. The second-order valence-corrected chi connectivity index (χ2v) is 1.90. The number of carbonyl (C=O) groups excluding carboxylic acids is 1. The summed E-state index contributed by atoms with van der Waals surface area (Å²) in [6, 6.07) is 0. The fourth-order valence-corrected chi connectivity index (χ4v) is 0.539. The number of aromatic nitrogens is 2. The predicted molar refractivity (Wildman–Crippen MR) is 38.1 cm³/mol. The van der Waals surface area contributed by atoms with Gasteiger partial charge in [-0.1, -0.05) is 0 Å². The number of nitrogens with one attached hydrogen (secondary N) is 2. The molecule has 0 fully saturated rings. The van der Waals surface area contributed by atoms with Gasteiger partial charge in [0.1, 0.15) is 0 Å². The zero-order chi connectivity index (χ0) is 8.10. The van der Waals surface area contributed by atoms with Crippen molar-refractivity contribution in [3.05, 3.63) is 12.4 Å². The third-order valence-electron chi connectivity index (χ3n) is 1.12. The first-order valence-corrected chi connectivity index (χ1v) is 3.15. The summed E-state index contributed by atoms with van der Waals surface area (Å²) in [5, 5.41) is 8.64. The van der Waals surface area contributed by atoms with Gasteiger partial charge in [-0.3, -0.25) is 9.89 Å². The summed E-state index contributed by atoms with van der Waals surface area (Å²) < 4.78 is 4.99. The highest BCUT2D eigenvalue weighted by molar-refractivity contribution is 5.77. The summed E-state index contributed by atoms with van der Waals surface area (Å²) in [5.74, 6) is 0.403. The van der Waals surface area contributed by atoms with Crippen molar-refractivity contribution in [1.29, 1.82) is 0 Å². The molecule has 0 unspecified atom stereocenters. The lowest BCUT2D eigenvalue weighted by Crippen LogP contribution is -2.24. The summed E-state index contributed by atoms with van der Waals surface area (Å²) in [6.45, 7) is 0.0238. The van der Waals surface area contributed by atoms with E-state index in [-0.39, 0.29) is 12.5 Å². The van der Waals surface area contributed by atoms with E-state index in [0.717, 1.165) is 0 Å². The molecule has 0 bridgehead atoms. The lowest BCUT2D eigenvalue weighted by molar-refractivity contribution is -0.122. The van der Waals surface area contributed by atoms with Gasteiger partial charge >= 0.3 is 0 Å². The van der Waals surface area contributed by atoms with Crippen LogP contribution in [0, 0.1) is 0 Å². The highest BCUT2D eigenvalue weighted by atomic mass is 16.5. The molecule has 1 aromatic rings. The number of hydrogen-bond acceptors (Lipinski definition) is 3. The number of carbonyl (C=O) groups is 1. The lowest BCUT2D eigenvalue weighted by atomic mass is 10.6. The smallest absolute Gasteiger partial charge is 0.257 e. The van der Waals surface area contributed by atoms with Crippen LogP contribution in [0.15, 0.2) is 12.4 Å². The molecule has 2 N–H and O–H groups in total. The van der Waals surface area contributed by atoms with Crippen molar-refractivity contribution in [3.8, 4) is 5.75 Å². The minimum Gasteiger partial charge on any atom is -0.480 e. The molecule has 1 rings (SSSR count). The number of nitrogens with zero attached hydrogens (tertiary/aromatic N) is 1. The Morgan fingerprint density at radius 1 is 1.91 bits per heavy atom. The van der Waals surface area contributed by atoms with Crippen LogP contribution >= 0.6 is 0 Å². The molecule has 0 spiro atoms. The number of likely N-dealkylation sites (N-methyl/N-ethyl adjacent to an activating group) is 1. The predicted octanol–water partition coefficient (Wildman–Crippen LogP) is -0.466. The van der Waals surface area contributed by atoms with E-state index in [1.807, 2.05) is 0 Å². The molecule has 0 radical (unpaired) electrons. The Morgan fingerprint density at radius 2 is 2.73 bits per heavy atom. The Morgan fingerprint density at radius 3 is 3.27 bits per heavy atom. The minimum atomic E-state index is -0.161. The number of hydrogen-bond donors (Lipinski definition) is 2. The number of ether oxygens (including phenoxy) is 1. The summed E-state index contributed by atoms with van der Waals surface area (Å²) in [6.07, 6.45) is 3.08. The monoisotopic (exact) mass is 155 g/mol. The van der Waals surface area contributed by atoms with Crippen LogP contribution in [0.4, 0.5) is 0 Å². The SMILES string of the molecule is CNC(=O)COc1cn[nH]c1. The maximum atomic E-state index is 10.6. The lowest BCUT2D eigenvalue weighted by Gasteiger charge is -1.99. The molecule has 0 aliphatic heterocycles. The standard InChI is InChI=1S/C6H9N3O2/c1-7-6(10)4-11-5-2-8-9-3-5/h2-3H,4H2,1H3,(H,7,10)(H,8,9). The van der Waals surface area contributed by atoms with Crippen LogP contribution in [0.3, 0.4) is 0 Å². The van der Waals surface area contributed by atoms with Gasteiger partial charge in [0.2, 0.25) is 0 Å². The van der Waals surface area contributed by atoms with Crippen LogP contribution < -0.4 is 10.1 Å². The van der Waals surface area contributed by atoms with E-state index in [4.69, 9.17) is 4.74 Å². The first kappa shape index (κ1) is 7.59. The van der Waals surface area contributed by atoms with Crippen molar-refractivity contribution in [2.75, 3.05) is 13.7 Å². The fraction of sp³-hybridized carbons (Fsp3) is 0.333. The number of H-pyrrole nitrogens is 1. The van der Waals surface area contributed by atoms with Gasteiger partial charge in [0.25, 0.3) is 5.91 Å². The molecule has 1 amide bonds. The fourth-order valence-electron chi connectivity index (χ4n) is 0.539. The van der Waals surface area contributed by atoms with E-state index in [1.165, 1.54) is 6.20 Å². The van der Waals surface area contributed by atoms with E-state index in [2.05, 4.69) is 15.5 Å². The maximum Gasteiger partial charge on any atom is 0.257 e. The third kappa shape index (κ3) is 2.29. The quantitative estimate of drug-likeness (QED) is 0.620. The second-order valence-electron chi connectivity index (χ2n) is 1.90. The first-order valence-electron chi connectivity index (χ1n) is 3.15. The summed E-state index contributed by atoms with van der Waals surface area (Å²) in [5.41, 5.74) is 0. The van der Waals surface area contributed by atoms with Crippen molar-refractivity contribution in [3.63, 3.8) is 0 Å². The van der Waals surface area contributed by atoms with Gasteiger partial charge < -0.3 is 10.1 Å². The minimum absolute atomic E-state index is 0.0238. The number of aromatic amines is 1. The molecule has 0 aliphatic carbocycles. The zero-order valence-corrected chi connectivity index (χ0v) is 6.13. The molecule has 1 heterocycles. The Labute approximate surface area is 63.7 Å². The number of rotatable bonds is 3. The van der Waals surface area contributed by atoms with Crippen LogP contribution in [-0.2, 0) is 4.79 Å². The van der Waals surface area contributed by atoms with Crippen LogP contribution in [0.25, 0.3) is 0 Å². The Bertz CT molecular complexity index is 220. The highest BCUT2D eigenvalue weighted by Crippen LogP contribution is 2.03. The van der Waals surface area contributed by atoms with Gasteiger partial charge in [-0.05, 0) is 0 Å². The van der Waals surface area contributed by atoms with Gasteiger partial charge in [-0.15, -0.1) is 0 Å². The van der Waals surface area contributed by atoms with E-state index in [9.17, 15) is 4.79 Å². The van der Waals surface area contributed by atoms with Crippen molar-refractivity contribution in [2.45, 2.75) is 0 Å². The van der Waals surface area contributed by atoms with Crippen LogP contribution in [0.5, 0.6) is 5.75 Å². The molecule has 0 aromatic carbocycles. The largest absolute Gasteiger partial charge is 0.480 e. The molecular weight excluding hydrogens is 146 g/mol. The van der Waals surface area contributed by atoms with E-state index < -0.39 is 0 Å². The van der Waals surface area contributed by atoms with Crippen LogP contribution in [0.1, 0.15) is 0 Å². The van der Waals surface area contributed by atoms with Gasteiger partial charge in [0.05, 0.1) is 12.4 Å². The molecule has 0 atom stereocenters. The normalized spacial score (nSPS) is 9.18. The van der Waals surface area contributed by atoms with Gasteiger partial charge in [-0.2, -0.15) is 5.10 Å². The zero-order valence-electron chi connectivity index (χ0n) is 6.13. The first-order chi connectivity index (χ1) is 5.33. The maximum absolute atomic E-state index is 10.6. The Kier molecular flexibility index (Phi) is 2.48. The summed E-state index contributed by atoms with van der Waals surface area (Å²) in [4.78, 5) is 10.6. The van der Waals surface area contributed by atoms with Crippen LogP contribution in [0.2, 0.25) is 0 Å². The van der Waals surface area contributed by atoms with E-state index in [1.54, 1.807) is 13.2 Å². The Hall–Kier alpha value is -1.52. The van der Waals surface area contributed by atoms with Gasteiger partial charge in [0, 0.05) is 7.05 Å². The highest BCUT2D eigenvalue weighted by Gasteiger charge is 1.98. The van der Waals surface area contributed by atoms with E-state index >= 15 is 0 Å². The molecule has 5 heteroatoms. The van der Waals surface area contributed by atoms with Crippen molar-refractivity contribution < 1.29 is 9.53 Å². The second kappa shape index (κ2) is 3.60. The molecule has 11 heavy (non-hydrogen) atoms.